The molecule has 1 fully saturated rings. The Balaban J connectivity index is 1.56. The number of benzene rings is 1. The molecule has 1 aromatic rings. The summed E-state index contributed by atoms with van der Waals surface area (Å²) in [5.74, 6) is 1.49. The van der Waals surface area contributed by atoms with Gasteiger partial charge in [0.15, 0.2) is 11.5 Å². The number of nitrogens with one attached hydrogen (secondary N) is 1. The second-order valence-electron chi connectivity index (χ2n) is 4.96. The molecule has 0 saturated carbocycles. The Morgan fingerprint density at radius 1 is 1.05 bits per heavy atom. The molecule has 20 heavy (non-hydrogen) atoms. The number of anilines is 2. The van der Waals surface area contributed by atoms with Gasteiger partial charge in [0.25, 0.3) is 0 Å². The zero-order valence-electron chi connectivity index (χ0n) is 11.6. The van der Waals surface area contributed by atoms with E-state index in [1.54, 1.807) is 0 Å². The Morgan fingerprint density at radius 2 is 1.75 bits per heavy atom. The van der Waals surface area contributed by atoms with Crippen LogP contribution in [0.4, 0.5) is 11.4 Å². The van der Waals surface area contributed by atoms with Crippen LogP contribution >= 0.6 is 0 Å². The smallest absolute Gasteiger partial charge is 0.163 e. The minimum Gasteiger partial charge on any atom is -0.486 e. The molecule has 1 aromatic carbocycles. The van der Waals surface area contributed by atoms with Crippen molar-refractivity contribution in [2.24, 2.45) is 0 Å². The van der Waals surface area contributed by atoms with E-state index in [0.29, 0.717) is 18.9 Å². The van der Waals surface area contributed by atoms with Gasteiger partial charge in [0, 0.05) is 38.3 Å². The lowest BCUT2D eigenvalue weighted by Crippen LogP contribution is -2.39. The summed E-state index contributed by atoms with van der Waals surface area (Å²) in [5, 5.41) is 3.37. The molecule has 6 nitrogen and oxygen atoms in total. The molecule has 0 unspecified atom stereocenters. The summed E-state index contributed by atoms with van der Waals surface area (Å²) in [7, 11) is 0. The first kappa shape index (κ1) is 13.3. The maximum atomic E-state index is 6.03. The number of rotatable bonds is 4. The Hall–Kier alpha value is -1.66. The first-order valence-corrected chi connectivity index (χ1v) is 7.06. The molecule has 0 spiro atoms. The quantitative estimate of drug-likeness (QED) is 0.794. The number of fused-ring (bicyclic) bond motifs is 1. The van der Waals surface area contributed by atoms with Crippen LogP contribution in [0.1, 0.15) is 0 Å². The molecule has 3 N–H and O–H groups in total. The lowest BCUT2D eigenvalue weighted by atomic mass is 10.2. The first-order chi connectivity index (χ1) is 9.83. The van der Waals surface area contributed by atoms with Crippen molar-refractivity contribution in [3.05, 3.63) is 12.1 Å². The minimum atomic E-state index is 0.580. The SMILES string of the molecule is Nc1cc2c(cc1NCCN1CCOCC1)OCCO2. The largest absolute Gasteiger partial charge is 0.486 e. The van der Waals surface area contributed by atoms with Gasteiger partial charge in [-0.1, -0.05) is 0 Å². The molecule has 0 amide bonds. The molecule has 0 aliphatic carbocycles. The number of hydrogen-bond donors (Lipinski definition) is 2. The summed E-state index contributed by atoms with van der Waals surface area (Å²) >= 11 is 0. The van der Waals surface area contributed by atoms with Gasteiger partial charge in [-0.3, -0.25) is 4.90 Å². The first-order valence-electron chi connectivity index (χ1n) is 7.06. The summed E-state index contributed by atoms with van der Waals surface area (Å²) in [5.41, 5.74) is 7.63. The van der Waals surface area contributed by atoms with E-state index in [2.05, 4.69) is 10.2 Å². The predicted octanol–water partition coefficient (Wildman–Crippen LogP) is 0.784. The van der Waals surface area contributed by atoms with Gasteiger partial charge in [-0.25, -0.2) is 0 Å². The van der Waals surface area contributed by atoms with Gasteiger partial charge in [0.2, 0.25) is 0 Å². The zero-order chi connectivity index (χ0) is 13.8. The molecule has 0 radical (unpaired) electrons. The molecular formula is C14H21N3O3. The Bertz CT molecular complexity index is 461. The molecule has 3 rings (SSSR count). The molecule has 0 bridgehead atoms. The molecule has 2 aliphatic rings. The van der Waals surface area contributed by atoms with Gasteiger partial charge < -0.3 is 25.3 Å². The summed E-state index contributed by atoms with van der Waals surface area (Å²) in [6, 6.07) is 3.74. The van der Waals surface area contributed by atoms with Gasteiger partial charge in [-0.2, -0.15) is 0 Å². The Morgan fingerprint density at radius 3 is 2.50 bits per heavy atom. The van der Waals surface area contributed by atoms with Crippen molar-refractivity contribution < 1.29 is 14.2 Å². The van der Waals surface area contributed by atoms with Crippen LogP contribution < -0.4 is 20.5 Å². The van der Waals surface area contributed by atoms with Crippen LogP contribution in [0.25, 0.3) is 0 Å². The standard InChI is InChI=1S/C14H21N3O3/c15-11-9-13-14(20-8-7-19-13)10-12(11)16-1-2-17-3-5-18-6-4-17/h9-10,16H,1-8,15H2. The van der Waals surface area contributed by atoms with E-state index in [4.69, 9.17) is 19.9 Å². The predicted molar refractivity (Wildman–Crippen MR) is 77.6 cm³/mol. The van der Waals surface area contributed by atoms with Crippen LogP contribution in [0.2, 0.25) is 0 Å². The van der Waals surface area contributed by atoms with E-state index < -0.39 is 0 Å². The van der Waals surface area contributed by atoms with Crippen molar-refractivity contribution >= 4 is 11.4 Å². The van der Waals surface area contributed by atoms with Crippen molar-refractivity contribution in [3.63, 3.8) is 0 Å². The highest BCUT2D eigenvalue weighted by molar-refractivity contribution is 5.72. The van der Waals surface area contributed by atoms with E-state index in [-0.39, 0.29) is 0 Å². The van der Waals surface area contributed by atoms with Gasteiger partial charge in [-0.05, 0) is 0 Å². The molecule has 1 saturated heterocycles. The maximum Gasteiger partial charge on any atom is 0.163 e. The van der Waals surface area contributed by atoms with Gasteiger partial charge >= 0.3 is 0 Å². The van der Waals surface area contributed by atoms with Crippen molar-refractivity contribution in [1.29, 1.82) is 0 Å². The topological polar surface area (TPSA) is 69.0 Å². The van der Waals surface area contributed by atoms with Crippen LogP contribution in [-0.2, 0) is 4.74 Å². The van der Waals surface area contributed by atoms with E-state index in [0.717, 1.165) is 56.6 Å². The Labute approximate surface area is 118 Å². The van der Waals surface area contributed by atoms with Crippen molar-refractivity contribution in [3.8, 4) is 11.5 Å². The average molecular weight is 279 g/mol. The third kappa shape index (κ3) is 3.08. The number of ether oxygens (including phenoxy) is 3. The van der Waals surface area contributed by atoms with Crippen LogP contribution in [0.5, 0.6) is 11.5 Å². The fourth-order valence-electron chi connectivity index (χ4n) is 2.43. The fraction of sp³-hybridized carbons (Fsp3) is 0.571. The number of nitrogen functional groups attached to an aromatic ring is 1. The van der Waals surface area contributed by atoms with Crippen LogP contribution in [-0.4, -0.2) is 57.5 Å². The Kier molecular flexibility index (Phi) is 4.13. The highest BCUT2D eigenvalue weighted by Gasteiger charge is 2.15. The van der Waals surface area contributed by atoms with Crippen LogP contribution in [0, 0.1) is 0 Å². The summed E-state index contributed by atoms with van der Waals surface area (Å²) < 4.78 is 16.4. The lowest BCUT2D eigenvalue weighted by Gasteiger charge is -2.27. The van der Waals surface area contributed by atoms with Gasteiger partial charge in [0.1, 0.15) is 13.2 Å². The monoisotopic (exact) mass is 279 g/mol. The fourth-order valence-corrected chi connectivity index (χ4v) is 2.43. The molecule has 110 valence electrons. The number of nitrogens with two attached hydrogens (primary N) is 1. The summed E-state index contributed by atoms with van der Waals surface area (Å²) in [6.07, 6.45) is 0. The lowest BCUT2D eigenvalue weighted by molar-refractivity contribution is 0.0398. The molecule has 2 aliphatic heterocycles. The van der Waals surface area contributed by atoms with E-state index in [1.165, 1.54) is 0 Å². The minimum absolute atomic E-state index is 0.580. The van der Waals surface area contributed by atoms with Gasteiger partial charge in [-0.15, -0.1) is 0 Å². The van der Waals surface area contributed by atoms with Crippen LogP contribution in [0.3, 0.4) is 0 Å². The van der Waals surface area contributed by atoms with E-state index >= 15 is 0 Å². The maximum absolute atomic E-state index is 6.03. The highest BCUT2D eigenvalue weighted by atomic mass is 16.6. The number of nitrogens with zero attached hydrogens (tertiary/aromatic N) is 1. The van der Waals surface area contributed by atoms with Crippen molar-refractivity contribution in [2.75, 3.05) is 63.7 Å². The van der Waals surface area contributed by atoms with Gasteiger partial charge in [0.05, 0.1) is 24.6 Å². The number of hydrogen-bond acceptors (Lipinski definition) is 6. The second kappa shape index (κ2) is 6.19. The summed E-state index contributed by atoms with van der Waals surface area (Å²) in [6.45, 7) is 6.65. The zero-order valence-corrected chi connectivity index (χ0v) is 11.6. The molecule has 2 heterocycles. The molecule has 0 atom stereocenters. The molecular weight excluding hydrogens is 258 g/mol. The third-order valence-electron chi connectivity index (χ3n) is 3.56. The van der Waals surface area contributed by atoms with E-state index in [1.807, 2.05) is 12.1 Å². The number of morpholine rings is 1. The normalized spacial score (nSPS) is 18.8. The molecule has 0 aromatic heterocycles. The van der Waals surface area contributed by atoms with E-state index in [9.17, 15) is 0 Å². The highest BCUT2D eigenvalue weighted by Crippen LogP contribution is 2.36. The van der Waals surface area contributed by atoms with Crippen molar-refractivity contribution in [1.82, 2.24) is 4.90 Å². The second-order valence-corrected chi connectivity index (χ2v) is 4.96. The summed E-state index contributed by atoms with van der Waals surface area (Å²) in [4.78, 5) is 2.38. The van der Waals surface area contributed by atoms with Crippen molar-refractivity contribution in [2.45, 2.75) is 0 Å². The average Bonchev–Trinajstić information content (AvgIpc) is 2.49. The third-order valence-corrected chi connectivity index (χ3v) is 3.56. The van der Waals surface area contributed by atoms with Crippen LogP contribution in [0.15, 0.2) is 12.1 Å². The molecule has 6 heteroatoms.